The number of nitrogen functional groups attached to an aromatic ring is 1. The first-order valence-corrected chi connectivity index (χ1v) is 4.93. The molecule has 1 heterocycles. The van der Waals surface area contributed by atoms with Crippen LogP contribution in [0.4, 0.5) is 5.82 Å². The predicted molar refractivity (Wildman–Crippen MR) is 60.5 cm³/mol. The Hall–Kier alpha value is -1.28. The molecule has 0 aliphatic heterocycles. The van der Waals surface area contributed by atoms with E-state index in [0.717, 1.165) is 17.3 Å². The summed E-state index contributed by atoms with van der Waals surface area (Å²) in [6.07, 6.45) is 0.947. The summed E-state index contributed by atoms with van der Waals surface area (Å²) in [5, 5.41) is 1.70. The summed E-state index contributed by atoms with van der Waals surface area (Å²) >= 11 is 6.13. The van der Waals surface area contributed by atoms with Crippen molar-refractivity contribution in [1.82, 2.24) is 4.98 Å². The molecule has 0 aliphatic rings. The van der Waals surface area contributed by atoms with Crippen LogP contribution in [0.25, 0.3) is 10.9 Å². The fraction of sp³-hybridized carbons (Fsp3) is 0.182. The van der Waals surface area contributed by atoms with Crippen LogP contribution in [0.5, 0.6) is 0 Å². The van der Waals surface area contributed by atoms with Gasteiger partial charge in [0, 0.05) is 5.39 Å². The molecule has 14 heavy (non-hydrogen) atoms. The van der Waals surface area contributed by atoms with Gasteiger partial charge in [-0.05, 0) is 24.1 Å². The number of nitrogens with zero attached hydrogens (tertiary/aromatic N) is 1. The van der Waals surface area contributed by atoms with E-state index in [0.29, 0.717) is 10.8 Å². The molecule has 2 rings (SSSR count). The molecule has 0 unspecified atom stereocenters. The average Bonchev–Trinajstić information content (AvgIpc) is 2.16. The van der Waals surface area contributed by atoms with Crippen molar-refractivity contribution in [1.29, 1.82) is 0 Å². The molecule has 2 nitrogen and oxygen atoms in total. The van der Waals surface area contributed by atoms with Crippen molar-refractivity contribution in [3.8, 4) is 0 Å². The van der Waals surface area contributed by atoms with Crippen molar-refractivity contribution in [2.45, 2.75) is 13.3 Å². The van der Waals surface area contributed by atoms with Crippen molar-refractivity contribution < 1.29 is 0 Å². The first-order valence-electron chi connectivity index (χ1n) is 4.56. The number of aryl methyl sites for hydroxylation is 1. The quantitative estimate of drug-likeness (QED) is 0.779. The summed E-state index contributed by atoms with van der Waals surface area (Å²) in [4.78, 5) is 4.24. The Morgan fingerprint density at radius 1 is 1.43 bits per heavy atom. The second kappa shape index (κ2) is 3.46. The predicted octanol–water partition coefficient (Wildman–Crippen LogP) is 3.03. The lowest BCUT2D eigenvalue weighted by molar-refractivity contribution is 1.16. The van der Waals surface area contributed by atoms with Crippen LogP contribution in [0.2, 0.25) is 5.02 Å². The van der Waals surface area contributed by atoms with Crippen molar-refractivity contribution in [2.75, 3.05) is 5.73 Å². The van der Waals surface area contributed by atoms with Crippen LogP contribution < -0.4 is 5.73 Å². The van der Waals surface area contributed by atoms with Gasteiger partial charge in [-0.3, -0.25) is 0 Å². The summed E-state index contributed by atoms with van der Waals surface area (Å²) in [6, 6.07) is 7.66. The maximum absolute atomic E-state index is 6.13. The fourth-order valence-electron chi connectivity index (χ4n) is 1.62. The third-order valence-electron chi connectivity index (χ3n) is 2.27. The second-order valence-electron chi connectivity index (χ2n) is 3.19. The zero-order valence-corrected chi connectivity index (χ0v) is 8.67. The standard InChI is InChI=1S/C11H11ClN2/c1-2-7-4-3-5-9-11(7)8(12)6-10(13)14-9/h3-6H,2H2,1H3,(H2,13,14). The lowest BCUT2D eigenvalue weighted by atomic mass is 10.1. The van der Waals surface area contributed by atoms with Gasteiger partial charge < -0.3 is 5.73 Å². The number of fused-ring (bicyclic) bond motifs is 1. The molecular weight excluding hydrogens is 196 g/mol. The molecule has 0 radical (unpaired) electrons. The van der Waals surface area contributed by atoms with Crippen LogP contribution in [-0.2, 0) is 6.42 Å². The molecule has 0 saturated carbocycles. The first-order chi connectivity index (χ1) is 6.72. The highest BCUT2D eigenvalue weighted by Gasteiger charge is 2.05. The van der Waals surface area contributed by atoms with Gasteiger partial charge in [-0.2, -0.15) is 0 Å². The molecule has 0 atom stereocenters. The molecule has 2 N–H and O–H groups in total. The largest absolute Gasteiger partial charge is 0.384 e. The minimum atomic E-state index is 0.468. The molecule has 3 heteroatoms. The molecule has 1 aromatic carbocycles. The number of rotatable bonds is 1. The summed E-state index contributed by atoms with van der Waals surface area (Å²) in [7, 11) is 0. The average molecular weight is 207 g/mol. The molecule has 72 valence electrons. The minimum absolute atomic E-state index is 0.468. The highest BCUT2D eigenvalue weighted by Crippen LogP contribution is 2.27. The summed E-state index contributed by atoms with van der Waals surface area (Å²) in [5.41, 5.74) is 7.70. The summed E-state index contributed by atoms with van der Waals surface area (Å²) in [5.74, 6) is 0.468. The Balaban J connectivity index is 2.87. The van der Waals surface area contributed by atoms with E-state index in [-0.39, 0.29) is 0 Å². The van der Waals surface area contributed by atoms with Gasteiger partial charge in [-0.15, -0.1) is 0 Å². The molecular formula is C11H11ClN2. The van der Waals surface area contributed by atoms with Crippen LogP contribution >= 0.6 is 11.6 Å². The van der Waals surface area contributed by atoms with E-state index >= 15 is 0 Å². The Labute approximate surface area is 87.7 Å². The van der Waals surface area contributed by atoms with Crippen molar-refractivity contribution in [3.05, 3.63) is 34.9 Å². The van der Waals surface area contributed by atoms with Crippen LogP contribution in [0.1, 0.15) is 12.5 Å². The SMILES string of the molecule is CCc1cccc2nc(N)cc(Cl)c12. The molecule has 0 aliphatic carbocycles. The molecule has 0 bridgehead atoms. The zero-order valence-electron chi connectivity index (χ0n) is 7.92. The number of halogens is 1. The third-order valence-corrected chi connectivity index (χ3v) is 2.57. The number of nitrogens with two attached hydrogens (primary N) is 1. The molecule has 0 fully saturated rings. The van der Waals surface area contributed by atoms with E-state index in [1.807, 2.05) is 12.1 Å². The van der Waals surface area contributed by atoms with Crippen LogP contribution in [0.3, 0.4) is 0 Å². The van der Waals surface area contributed by atoms with Crippen LogP contribution in [0, 0.1) is 0 Å². The lowest BCUT2D eigenvalue weighted by Crippen LogP contribution is -1.93. The first kappa shape index (κ1) is 9.28. The number of aromatic nitrogens is 1. The van der Waals surface area contributed by atoms with Crippen LogP contribution in [0.15, 0.2) is 24.3 Å². The Kier molecular flexibility index (Phi) is 2.30. The van der Waals surface area contributed by atoms with E-state index in [4.69, 9.17) is 17.3 Å². The zero-order chi connectivity index (χ0) is 10.1. The van der Waals surface area contributed by atoms with Gasteiger partial charge in [-0.25, -0.2) is 4.98 Å². The Bertz CT molecular complexity index is 480. The maximum atomic E-state index is 6.13. The van der Waals surface area contributed by atoms with Crippen molar-refractivity contribution in [3.63, 3.8) is 0 Å². The minimum Gasteiger partial charge on any atom is -0.384 e. The molecule has 0 saturated heterocycles. The monoisotopic (exact) mass is 206 g/mol. The van der Waals surface area contributed by atoms with E-state index in [1.165, 1.54) is 5.56 Å². The van der Waals surface area contributed by atoms with E-state index in [9.17, 15) is 0 Å². The number of anilines is 1. The highest BCUT2D eigenvalue weighted by molar-refractivity contribution is 6.35. The second-order valence-corrected chi connectivity index (χ2v) is 3.60. The summed E-state index contributed by atoms with van der Waals surface area (Å²) < 4.78 is 0. The van der Waals surface area contributed by atoms with E-state index < -0.39 is 0 Å². The smallest absolute Gasteiger partial charge is 0.125 e. The Morgan fingerprint density at radius 3 is 2.93 bits per heavy atom. The number of hydrogen-bond donors (Lipinski definition) is 1. The van der Waals surface area contributed by atoms with Gasteiger partial charge in [0.1, 0.15) is 5.82 Å². The van der Waals surface area contributed by atoms with Crippen molar-refractivity contribution in [2.24, 2.45) is 0 Å². The highest BCUT2D eigenvalue weighted by atomic mass is 35.5. The van der Waals surface area contributed by atoms with Gasteiger partial charge in [0.25, 0.3) is 0 Å². The molecule has 1 aromatic heterocycles. The van der Waals surface area contributed by atoms with E-state index in [1.54, 1.807) is 6.07 Å². The lowest BCUT2D eigenvalue weighted by Gasteiger charge is -2.06. The van der Waals surface area contributed by atoms with Crippen molar-refractivity contribution >= 4 is 28.3 Å². The summed E-state index contributed by atoms with van der Waals surface area (Å²) in [6.45, 7) is 2.10. The third kappa shape index (κ3) is 1.42. The topological polar surface area (TPSA) is 38.9 Å². The Morgan fingerprint density at radius 2 is 2.21 bits per heavy atom. The maximum Gasteiger partial charge on any atom is 0.125 e. The molecule has 0 spiro atoms. The molecule has 2 aromatic rings. The van der Waals surface area contributed by atoms with Gasteiger partial charge in [0.15, 0.2) is 0 Å². The normalized spacial score (nSPS) is 10.7. The number of benzene rings is 1. The number of pyridine rings is 1. The van der Waals surface area contributed by atoms with E-state index in [2.05, 4.69) is 18.0 Å². The number of hydrogen-bond acceptors (Lipinski definition) is 2. The van der Waals surface area contributed by atoms with Gasteiger partial charge in [0.2, 0.25) is 0 Å². The van der Waals surface area contributed by atoms with Gasteiger partial charge >= 0.3 is 0 Å². The van der Waals surface area contributed by atoms with Gasteiger partial charge in [0.05, 0.1) is 10.5 Å². The molecule has 0 amide bonds. The van der Waals surface area contributed by atoms with Crippen LogP contribution in [-0.4, -0.2) is 4.98 Å². The fourth-order valence-corrected chi connectivity index (χ4v) is 1.95. The van der Waals surface area contributed by atoms with Gasteiger partial charge in [-0.1, -0.05) is 30.7 Å².